The third kappa shape index (κ3) is 4.61. The number of amides is 1. The van der Waals surface area contributed by atoms with Crippen molar-refractivity contribution in [3.8, 4) is 11.7 Å². The number of aromatic amines is 1. The number of benzene rings is 1. The highest BCUT2D eigenvalue weighted by Gasteiger charge is 2.14. The number of nitrogens with one attached hydrogen (secondary N) is 2. The highest BCUT2D eigenvalue weighted by atomic mass is 19.1. The second kappa shape index (κ2) is 8.47. The quantitative estimate of drug-likeness (QED) is 0.650. The Morgan fingerprint density at radius 2 is 2.11 bits per heavy atom. The summed E-state index contributed by atoms with van der Waals surface area (Å²) < 4.78 is 20.1. The van der Waals surface area contributed by atoms with Crippen LogP contribution in [-0.2, 0) is 11.2 Å². The molecule has 0 aliphatic rings. The molecule has 1 amide bonds. The normalized spacial score (nSPS) is 10.7. The molecule has 2 aromatic heterocycles. The van der Waals surface area contributed by atoms with Crippen molar-refractivity contribution in [2.75, 3.05) is 11.9 Å². The highest BCUT2D eigenvalue weighted by molar-refractivity contribution is 5.91. The molecule has 28 heavy (non-hydrogen) atoms. The lowest BCUT2D eigenvalue weighted by Gasteiger charge is -2.10. The molecule has 0 unspecified atom stereocenters. The van der Waals surface area contributed by atoms with Crippen molar-refractivity contribution >= 4 is 11.7 Å². The monoisotopic (exact) mass is 385 g/mol. The van der Waals surface area contributed by atoms with Gasteiger partial charge in [-0.15, -0.1) is 0 Å². The number of aryl methyl sites for hydroxylation is 2. The number of H-pyrrole nitrogens is 1. The van der Waals surface area contributed by atoms with Crippen molar-refractivity contribution in [3.05, 3.63) is 64.0 Å². The van der Waals surface area contributed by atoms with Crippen LogP contribution < -0.4 is 15.6 Å². The SMILES string of the molecule is CCCc1cc(=O)[nH]c(-n2nc(C)cc2NC(=O)COc2ccccc2F)n1. The van der Waals surface area contributed by atoms with Crippen LogP contribution in [0.15, 0.2) is 41.2 Å². The van der Waals surface area contributed by atoms with Gasteiger partial charge in [0.25, 0.3) is 11.5 Å². The maximum atomic E-state index is 13.6. The zero-order valence-corrected chi connectivity index (χ0v) is 15.5. The number of carbonyl (C=O) groups excluding carboxylic acids is 1. The van der Waals surface area contributed by atoms with Gasteiger partial charge in [-0.25, -0.2) is 9.37 Å². The molecule has 1 aromatic carbocycles. The Hall–Kier alpha value is -3.49. The first-order valence-corrected chi connectivity index (χ1v) is 8.80. The highest BCUT2D eigenvalue weighted by Crippen LogP contribution is 2.16. The van der Waals surface area contributed by atoms with Crippen LogP contribution in [0.25, 0.3) is 5.95 Å². The fourth-order valence-electron chi connectivity index (χ4n) is 2.61. The molecule has 2 heterocycles. The Morgan fingerprint density at radius 1 is 1.32 bits per heavy atom. The van der Waals surface area contributed by atoms with E-state index in [1.54, 1.807) is 19.1 Å². The number of anilines is 1. The summed E-state index contributed by atoms with van der Waals surface area (Å²) in [6.45, 7) is 3.35. The van der Waals surface area contributed by atoms with E-state index in [1.165, 1.54) is 28.9 Å². The number of aromatic nitrogens is 4. The number of hydrogen-bond acceptors (Lipinski definition) is 5. The second-order valence-corrected chi connectivity index (χ2v) is 6.16. The van der Waals surface area contributed by atoms with Crippen molar-refractivity contribution in [2.24, 2.45) is 0 Å². The van der Waals surface area contributed by atoms with Gasteiger partial charge in [0, 0.05) is 17.8 Å². The van der Waals surface area contributed by atoms with Crippen LogP contribution in [0.5, 0.6) is 5.75 Å². The van der Waals surface area contributed by atoms with E-state index < -0.39 is 11.7 Å². The third-order valence-corrected chi connectivity index (χ3v) is 3.78. The molecule has 0 saturated heterocycles. The van der Waals surface area contributed by atoms with Gasteiger partial charge in [0.15, 0.2) is 18.2 Å². The molecule has 8 nitrogen and oxygen atoms in total. The Bertz CT molecular complexity index is 1040. The topological polar surface area (TPSA) is 102 Å². The lowest BCUT2D eigenvalue weighted by molar-refractivity contribution is -0.118. The van der Waals surface area contributed by atoms with E-state index in [2.05, 4.69) is 20.4 Å². The van der Waals surface area contributed by atoms with Gasteiger partial charge >= 0.3 is 0 Å². The Labute approximate surface area is 160 Å². The molecule has 0 spiro atoms. The van der Waals surface area contributed by atoms with Crippen LogP contribution in [-0.4, -0.2) is 32.3 Å². The fourth-order valence-corrected chi connectivity index (χ4v) is 2.61. The van der Waals surface area contributed by atoms with Crippen LogP contribution in [0.3, 0.4) is 0 Å². The molecule has 146 valence electrons. The molecule has 0 fully saturated rings. The van der Waals surface area contributed by atoms with Crippen molar-refractivity contribution < 1.29 is 13.9 Å². The van der Waals surface area contributed by atoms with Gasteiger partial charge in [-0.1, -0.05) is 25.5 Å². The number of hydrogen-bond donors (Lipinski definition) is 2. The molecule has 3 aromatic rings. The second-order valence-electron chi connectivity index (χ2n) is 6.16. The van der Waals surface area contributed by atoms with Crippen molar-refractivity contribution in [1.82, 2.24) is 19.7 Å². The Balaban J connectivity index is 1.78. The summed E-state index contributed by atoms with van der Waals surface area (Å²) in [5.74, 6) is -0.548. The summed E-state index contributed by atoms with van der Waals surface area (Å²) in [5.41, 5.74) is 0.949. The van der Waals surface area contributed by atoms with Crippen LogP contribution in [0.2, 0.25) is 0 Å². The van der Waals surface area contributed by atoms with Gasteiger partial charge in [-0.2, -0.15) is 9.78 Å². The summed E-state index contributed by atoms with van der Waals surface area (Å²) in [6.07, 6.45) is 1.49. The lowest BCUT2D eigenvalue weighted by atomic mass is 10.2. The van der Waals surface area contributed by atoms with E-state index in [-0.39, 0.29) is 23.9 Å². The van der Waals surface area contributed by atoms with Gasteiger partial charge in [-0.3, -0.25) is 14.6 Å². The number of rotatable bonds is 7. The first-order valence-electron chi connectivity index (χ1n) is 8.80. The number of halogens is 1. The van der Waals surface area contributed by atoms with Crippen molar-refractivity contribution in [1.29, 1.82) is 0 Å². The minimum atomic E-state index is -0.550. The van der Waals surface area contributed by atoms with E-state index >= 15 is 0 Å². The van der Waals surface area contributed by atoms with E-state index in [4.69, 9.17) is 4.74 Å². The van der Waals surface area contributed by atoms with Gasteiger partial charge in [0.2, 0.25) is 5.95 Å². The predicted octanol–water partition coefficient (Wildman–Crippen LogP) is 2.37. The molecular formula is C19H20FN5O3. The predicted molar refractivity (Wildman–Crippen MR) is 101 cm³/mol. The summed E-state index contributed by atoms with van der Waals surface area (Å²) in [6, 6.07) is 8.89. The smallest absolute Gasteiger partial charge is 0.263 e. The molecule has 0 bridgehead atoms. The van der Waals surface area contributed by atoms with Crippen LogP contribution in [0.1, 0.15) is 24.7 Å². The molecule has 9 heteroatoms. The molecule has 0 aliphatic carbocycles. The molecule has 0 saturated carbocycles. The molecule has 0 aliphatic heterocycles. The van der Waals surface area contributed by atoms with Gasteiger partial charge in [0.1, 0.15) is 5.82 Å². The summed E-state index contributed by atoms with van der Waals surface area (Å²) in [7, 11) is 0. The van der Waals surface area contributed by atoms with Gasteiger partial charge < -0.3 is 10.1 Å². The summed E-state index contributed by atoms with van der Waals surface area (Å²) >= 11 is 0. The van der Waals surface area contributed by atoms with E-state index in [0.717, 1.165) is 6.42 Å². The number of nitrogens with zero attached hydrogens (tertiary/aromatic N) is 3. The van der Waals surface area contributed by atoms with E-state index in [9.17, 15) is 14.0 Å². The van der Waals surface area contributed by atoms with E-state index in [0.29, 0.717) is 23.6 Å². The summed E-state index contributed by atoms with van der Waals surface area (Å²) in [4.78, 5) is 31.2. The van der Waals surface area contributed by atoms with Crippen LogP contribution >= 0.6 is 0 Å². The maximum Gasteiger partial charge on any atom is 0.263 e. The first-order chi connectivity index (χ1) is 13.5. The number of para-hydroxylation sites is 1. The Morgan fingerprint density at radius 3 is 2.86 bits per heavy atom. The van der Waals surface area contributed by atoms with E-state index in [1.807, 2.05) is 6.92 Å². The minimum Gasteiger partial charge on any atom is -0.481 e. The zero-order chi connectivity index (χ0) is 20.1. The van der Waals surface area contributed by atoms with Crippen LogP contribution in [0, 0.1) is 12.7 Å². The molecule has 0 atom stereocenters. The zero-order valence-electron chi connectivity index (χ0n) is 15.5. The first kappa shape index (κ1) is 19.3. The van der Waals surface area contributed by atoms with Crippen molar-refractivity contribution in [3.63, 3.8) is 0 Å². The standard InChI is InChI=1S/C19H20FN5O3/c1-3-6-13-10-17(26)23-19(21-13)25-16(9-12(2)24-25)22-18(27)11-28-15-8-5-4-7-14(15)20/h4-5,7-10H,3,6,11H2,1-2H3,(H,22,27)(H,21,23,26). The third-order valence-electron chi connectivity index (χ3n) is 3.78. The molecule has 0 radical (unpaired) electrons. The fraction of sp³-hybridized carbons (Fsp3) is 0.263. The molecular weight excluding hydrogens is 365 g/mol. The van der Waals surface area contributed by atoms with Crippen molar-refractivity contribution in [2.45, 2.75) is 26.7 Å². The number of carbonyl (C=O) groups is 1. The average molecular weight is 385 g/mol. The molecule has 2 N–H and O–H groups in total. The molecule has 3 rings (SSSR count). The van der Waals surface area contributed by atoms with Gasteiger partial charge in [0.05, 0.1) is 5.69 Å². The lowest BCUT2D eigenvalue weighted by Crippen LogP contribution is -2.23. The largest absolute Gasteiger partial charge is 0.481 e. The van der Waals surface area contributed by atoms with Crippen LogP contribution in [0.4, 0.5) is 10.2 Å². The Kier molecular flexibility index (Phi) is 5.83. The summed E-state index contributed by atoms with van der Waals surface area (Å²) in [5, 5.41) is 6.92. The maximum absolute atomic E-state index is 13.6. The number of ether oxygens (including phenoxy) is 1. The minimum absolute atomic E-state index is 0.0133. The van der Waals surface area contributed by atoms with Gasteiger partial charge in [-0.05, 0) is 25.5 Å². The average Bonchev–Trinajstić information content (AvgIpc) is 3.01.